The first-order valence-electron chi connectivity index (χ1n) is 17.8. The second-order valence-corrected chi connectivity index (χ2v) is 17.0. The number of nitrogens with zero attached hydrogens (tertiary/aromatic N) is 2. The number of fused-ring (bicyclic) bond motifs is 2. The third kappa shape index (κ3) is 9.33. The molecule has 1 saturated heterocycles. The lowest BCUT2D eigenvalue weighted by molar-refractivity contribution is -0.148. The van der Waals surface area contributed by atoms with Gasteiger partial charge in [0.1, 0.15) is 12.1 Å². The summed E-state index contributed by atoms with van der Waals surface area (Å²) in [7, 11) is 0. The Morgan fingerprint density at radius 2 is 1.64 bits per heavy atom. The lowest BCUT2D eigenvalue weighted by atomic mass is 9.85. The highest BCUT2D eigenvalue weighted by atomic mass is 19.4. The minimum Gasteiger partial charge on any atom is -0.494 e. The van der Waals surface area contributed by atoms with Gasteiger partial charge in [0.15, 0.2) is 5.88 Å². The second kappa shape index (κ2) is 15.1. The molecule has 1 aromatic heterocycles. The Balaban J connectivity index is 1.56. The number of aromatic nitrogens is 1. The number of benzene rings is 1. The summed E-state index contributed by atoms with van der Waals surface area (Å²) >= 11 is 0. The van der Waals surface area contributed by atoms with Gasteiger partial charge in [-0.25, -0.2) is 4.79 Å². The van der Waals surface area contributed by atoms with Gasteiger partial charge in [-0.2, -0.15) is 13.2 Å². The SMILES string of the molecule is C=CCNC(=O)C(=O)C(CCC(F)(F)F)NC(=O)[C@@H]1[C@@H]2[C@H](CN1C(=O)[C@@H](NC(=O)N[C@H](Cn1cc3ccccc3c1O)C(C)(C)C)C(C)(C)C)C2(C)C. The average Bonchev–Trinajstić information content (AvgIpc) is 3.33. The van der Waals surface area contributed by atoms with Gasteiger partial charge in [0.25, 0.3) is 5.91 Å². The van der Waals surface area contributed by atoms with Gasteiger partial charge < -0.3 is 35.8 Å². The van der Waals surface area contributed by atoms with Crippen LogP contribution in [0, 0.1) is 28.1 Å². The Morgan fingerprint density at radius 3 is 2.21 bits per heavy atom. The fourth-order valence-electron chi connectivity index (χ4n) is 7.27. The Hall–Kier alpha value is -4.56. The molecule has 2 heterocycles. The van der Waals surface area contributed by atoms with Crippen molar-refractivity contribution in [1.29, 1.82) is 0 Å². The molecule has 2 aromatic rings. The molecule has 12 nitrogen and oxygen atoms in total. The smallest absolute Gasteiger partial charge is 0.389 e. The highest BCUT2D eigenvalue weighted by molar-refractivity contribution is 6.38. The summed E-state index contributed by atoms with van der Waals surface area (Å²) in [4.78, 5) is 68.9. The quantitative estimate of drug-likeness (QED) is 0.148. The molecule has 1 aliphatic heterocycles. The van der Waals surface area contributed by atoms with Crippen molar-refractivity contribution in [2.75, 3.05) is 13.1 Å². The molecule has 5 amide bonds. The molecule has 2 aliphatic rings. The molecule has 1 aliphatic carbocycles. The van der Waals surface area contributed by atoms with Gasteiger partial charge in [-0.3, -0.25) is 19.2 Å². The van der Waals surface area contributed by atoms with E-state index < -0.39 is 83.6 Å². The maximum absolute atomic E-state index is 14.4. The average molecular weight is 747 g/mol. The van der Waals surface area contributed by atoms with Gasteiger partial charge in [-0.05, 0) is 40.6 Å². The molecular formula is C38H53F3N6O6. The lowest BCUT2D eigenvalue weighted by Gasteiger charge is -2.38. The van der Waals surface area contributed by atoms with Crippen LogP contribution in [0.15, 0.2) is 43.1 Å². The van der Waals surface area contributed by atoms with Crippen molar-refractivity contribution < 1.29 is 42.3 Å². The van der Waals surface area contributed by atoms with E-state index >= 15 is 0 Å². The highest BCUT2D eigenvalue weighted by Gasteiger charge is 2.70. The summed E-state index contributed by atoms with van der Waals surface area (Å²) in [5.74, 6) is -4.27. The van der Waals surface area contributed by atoms with Crippen molar-refractivity contribution in [3.8, 4) is 5.88 Å². The number of likely N-dealkylation sites (tertiary alicyclic amines) is 1. The number of carbonyl (C=O) groups is 5. The van der Waals surface area contributed by atoms with E-state index in [1.807, 2.05) is 52.8 Å². The van der Waals surface area contributed by atoms with Gasteiger partial charge in [0, 0.05) is 43.0 Å². The summed E-state index contributed by atoms with van der Waals surface area (Å²) in [6, 6.07) is 2.08. The fraction of sp³-hybridized carbons (Fsp3) is 0.605. The number of nitrogens with one attached hydrogen (secondary N) is 4. The maximum atomic E-state index is 14.4. The fourth-order valence-corrected chi connectivity index (χ4v) is 7.27. The van der Waals surface area contributed by atoms with Crippen molar-refractivity contribution in [1.82, 2.24) is 30.7 Å². The van der Waals surface area contributed by atoms with Gasteiger partial charge in [0.2, 0.25) is 17.6 Å². The van der Waals surface area contributed by atoms with Crippen LogP contribution in [0.5, 0.6) is 5.88 Å². The van der Waals surface area contributed by atoms with Crippen molar-refractivity contribution >= 4 is 40.3 Å². The topological polar surface area (TPSA) is 162 Å². The zero-order chi connectivity index (χ0) is 39.8. The first kappa shape index (κ1) is 41.2. The number of alkyl halides is 3. The van der Waals surface area contributed by atoms with E-state index in [1.54, 1.807) is 37.6 Å². The van der Waals surface area contributed by atoms with E-state index in [0.29, 0.717) is 5.39 Å². The van der Waals surface area contributed by atoms with E-state index in [9.17, 15) is 42.3 Å². The Bertz CT molecular complexity index is 1740. The monoisotopic (exact) mass is 746 g/mol. The van der Waals surface area contributed by atoms with Crippen LogP contribution in [-0.2, 0) is 25.7 Å². The number of halogens is 3. The zero-order valence-electron chi connectivity index (χ0n) is 31.7. The molecule has 292 valence electrons. The molecule has 4 rings (SSSR count). The van der Waals surface area contributed by atoms with Crippen LogP contribution in [-0.4, -0.2) is 87.5 Å². The number of urea groups is 1. The number of amides is 5. The molecular weight excluding hydrogens is 693 g/mol. The first-order valence-corrected chi connectivity index (χ1v) is 17.8. The molecule has 15 heteroatoms. The standard InChI is InChI=1S/C38H53F3N6O6/c1-10-17-42-31(50)28(48)24(15-16-38(39,40)41)43-30(49)27-26-23(37(26,8)9)19-47(27)33(52)29(36(5,6)7)45-34(53)44-25(35(2,3)4)20-46-18-21-13-11-12-14-22(21)32(46)51/h10-14,18,23-27,29,51H,1,15-17,19-20H2,2-9H3,(H,42,50)(H,43,49)(H2,44,45,53)/t23-,24?,25+,26-,27-,29+/m0/s1. The summed E-state index contributed by atoms with van der Waals surface area (Å²) in [5.41, 5.74) is -1.74. The Morgan fingerprint density at radius 1 is 1.00 bits per heavy atom. The molecule has 53 heavy (non-hydrogen) atoms. The normalized spacial score (nSPS) is 21.2. The second-order valence-electron chi connectivity index (χ2n) is 17.0. The molecule has 6 atom stereocenters. The number of piperidine rings is 1. The van der Waals surface area contributed by atoms with Crippen LogP contribution in [0.1, 0.15) is 68.2 Å². The van der Waals surface area contributed by atoms with Crippen LogP contribution in [0.25, 0.3) is 10.8 Å². The summed E-state index contributed by atoms with van der Waals surface area (Å²) in [6.07, 6.45) is -3.86. The largest absolute Gasteiger partial charge is 0.494 e. The Kier molecular flexibility index (Phi) is 11.7. The molecule has 1 unspecified atom stereocenters. The third-order valence-electron chi connectivity index (χ3n) is 10.6. The number of hydrogen-bond donors (Lipinski definition) is 5. The molecule has 1 aromatic carbocycles. The number of carbonyl (C=O) groups excluding carboxylic acids is 5. The van der Waals surface area contributed by atoms with E-state index in [2.05, 4.69) is 27.8 Å². The number of hydrogen-bond acceptors (Lipinski definition) is 6. The van der Waals surface area contributed by atoms with E-state index in [-0.39, 0.29) is 42.8 Å². The van der Waals surface area contributed by atoms with Crippen molar-refractivity contribution in [3.05, 3.63) is 43.1 Å². The van der Waals surface area contributed by atoms with E-state index in [0.717, 1.165) is 5.39 Å². The number of aromatic hydroxyl groups is 1. The Labute approximate surface area is 308 Å². The first-order chi connectivity index (χ1) is 24.4. The van der Waals surface area contributed by atoms with Gasteiger partial charge in [-0.1, -0.05) is 79.7 Å². The number of ketones is 1. The summed E-state index contributed by atoms with van der Waals surface area (Å²) < 4.78 is 41.4. The number of rotatable bonds is 13. The minimum atomic E-state index is -4.66. The van der Waals surface area contributed by atoms with Crippen molar-refractivity contribution in [2.45, 2.75) is 105 Å². The molecule has 0 spiro atoms. The van der Waals surface area contributed by atoms with Crippen LogP contribution < -0.4 is 21.3 Å². The van der Waals surface area contributed by atoms with E-state index in [1.165, 1.54) is 11.0 Å². The van der Waals surface area contributed by atoms with Crippen LogP contribution in [0.3, 0.4) is 0 Å². The highest BCUT2D eigenvalue weighted by Crippen LogP contribution is 2.65. The summed E-state index contributed by atoms with van der Waals surface area (Å²) in [5, 5.41) is 22.8. The van der Waals surface area contributed by atoms with Crippen molar-refractivity contribution in [3.63, 3.8) is 0 Å². The molecule has 0 radical (unpaired) electrons. The summed E-state index contributed by atoms with van der Waals surface area (Å²) in [6.45, 7) is 18.6. The van der Waals surface area contributed by atoms with Gasteiger partial charge in [0.05, 0.1) is 12.1 Å². The maximum Gasteiger partial charge on any atom is 0.389 e. The predicted molar refractivity (Wildman–Crippen MR) is 193 cm³/mol. The third-order valence-corrected chi connectivity index (χ3v) is 10.6. The van der Waals surface area contributed by atoms with Crippen molar-refractivity contribution in [2.24, 2.45) is 28.1 Å². The lowest BCUT2D eigenvalue weighted by Crippen LogP contribution is -2.62. The van der Waals surface area contributed by atoms with Gasteiger partial charge in [-0.15, -0.1) is 6.58 Å². The van der Waals surface area contributed by atoms with Crippen LogP contribution in [0.4, 0.5) is 18.0 Å². The van der Waals surface area contributed by atoms with Gasteiger partial charge >= 0.3 is 12.2 Å². The minimum absolute atomic E-state index is 0.0550. The zero-order valence-corrected chi connectivity index (χ0v) is 31.7. The molecule has 2 fully saturated rings. The van der Waals surface area contributed by atoms with Crippen LogP contribution in [0.2, 0.25) is 0 Å². The molecule has 5 N–H and O–H groups in total. The molecule has 0 bridgehead atoms. The molecule has 1 saturated carbocycles. The van der Waals surface area contributed by atoms with Crippen LogP contribution >= 0.6 is 0 Å². The number of Topliss-reactive ketones (excluding diaryl/α,β-unsaturated/α-hetero) is 1. The van der Waals surface area contributed by atoms with E-state index in [4.69, 9.17) is 0 Å². The predicted octanol–water partition coefficient (Wildman–Crippen LogP) is 4.66.